The highest BCUT2D eigenvalue weighted by molar-refractivity contribution is 5.84. The quantitative estimate of drug-likeness (QED) is 0.750. The van der Waals surface area contributed by atoms with Crippen molar-refractivity contribution in [1.29, 1.82) is 0 Å². The van der Waals surface area contributed by atoms with E-state index in [-0.39, 0.29) is 12.0 Å². The van der Waals surface area contributed by atoms with Crippen LogP contribution in [0.2, 0.25) is 0 Å². The number of benzene rings is 2. The fraction of sp³-hybridized carbons (Fsp3) is 0.286. The molecule has 1 aliphatic heterocycles. The molecule has 25 heavy (non-hydrogen) atoms. The Balaban J connectivity index is 1.33. The van der Waals surface area contributed by atoms with E-state index in [4.69, 9.17) is 4.74 Å². The molecule has 0 saturated carbocycles. The summed E-state index contributed by atoms with van der Waals surface area (Å²) in [5.41, 5.74) is 4.83. The zero-order valence-electron chi connectivity index (χ0n) is 14.1. The Morgan fingerprint density at radius 1 is 1.16 bits per heavy atom. The van der Waals surface area contributed by atoms with E-state index in [1.807, 2.05) is 24.4 Å². The van der Waals surface area contributed by atoms with Gasteiger partial charge >= 0.3 is 0 Å². The van der Waals surface area contributed by atoms with Gasteiger partial charge in [0.1, 0.15) is 6.10 Å². The predicted molar refractivity (Wildman–Crippen MR) is 98.5 cm³/mol. The molecule has 0 radical (unpaired) electrons. The van der Waals surface area contributed by atoms with Crippen LogP contribution >= 0.6 is 0 Å². The van der Waals surface area contributed by atoms with Crippen LogP contribution in [0.3, 0.4) is 0 Å². The maximum absolute atomic E-state index is 12.3. The number of rotatable bonds is 5. The van der Waals surface area contributed by atoms with Crippen molar-refractivity contribution in [2.75, 3.05) is 13.2 Å². The summed E-state index contributed by atoms with van der Waals surface area (Å²) in [6.07, 6.45) is 4.12. The molecule has 1 atom stereocenters. The molecule has 4 nitrogen and oxygen atoms in total. The van der Waals surface area contributed by atoms with Gasteiger partial charge in [0.25, 0.3) is 0 Å². The molecular weight excluding hydrogens is 312 g/mol. The Morgan fingerprint density at radius 3 is 2.96 bits per heavy atom. The molecule has 0 aliphatic carbocycles. The highest BCUT2D eigenvalue weighted by atomic mass is 16.5. The third-order valence-corrected chi connectivity index (χ3v) is 4.87. The van der Waals surface area contributed by atoms with E-state index in [1.165, 1.54) is 22.1 Å². The van der Waals surface area contributed by atoms with Crippen molar-refractivity contribution in [1.82, 2.24) is 10.3 Å². The van der Waals surface area contributed by atoms with Crippen LogP contribution in [-0.2, 0) is 22.4 Å². The topological polar surface area (TPSA) is 54.1 Å². The third-order valence-electron chi connectivity index (χ3n) is 4.87. The maximum atomic E-state index is 12.3. The van der Waals surface area contributed by atoms with Crippen molar-refractivity contribution in [3.63, 3.8) is 0 Å². The van der Waals surface area contributed by atoms with Crippen LogP contribution in [0.5, 0.6) is 0 Å². The van der Waals surface area contributed by atoms with E-state index in [1.54, 1.807) is 0 Å². The fourth-order valence-corrected chi connectivity index (χ4v) is 3.53. The predicted octanol–water partition coefficient (Wildman–Crippen LogP) is 3.53. The van der Waals surface area contributed by atoms with Crippen molar-refractivity contribution >= 4 is 16.8 Å². The summed E-state index contributed by atoms with van der Waals surface area (Å²) < 4.78 is 5.84. The van der Waals surface area contributed by atoms with Crippen molar-refractivity contribution in [3.05, 3.63) is 71.4 Å². The second-order valence-electron chi connectivity index (χ2n) is 6.47. The van der Waals surface area contributed by atoms with Gasteiger partial charge in [-0.2, -0.15) is 0 Å². The summed E-state index contributed by atoms with van der Waals surface area (Å²) in [5, 5.41) is 4.22. The molecule has 0 fully saturated rings. The average Bonchev–Trinajstić information content (AvgIpc) is 3.08. The summed E-state index contributed by atoms with van der Waals surface area (Å²) in [7, 11) is 0. The van der Waals surface area contributed by atoms with Crippen LogP contribution in [0.15, 0.2) is 54.7 Å². The van der Waals surface area contributed by atoms with Gasteiger partial charge in [-0.3, -0.25) is 4.79 Å². The summed E-state index contributed by atoms with van der Waals surface area (Å²) in [6, 6.07) is 16.5. The molecule has 0 spiro atoms. The number of para-hydroxylation sites is 1. The molecule has 0 bridgehead atoms. The van der Waals surface area contributed by atoms with Crippen molar-refractivity contribution < 1.29 is 9.53 Å². The first-order valence-electron chi connectivity index (χ1n) is 8.82. The van der Waals surface area contributed by atoms with Crippen LogP contribution in [0.4, 0.5) is 0 Å². The maximum Gasteiger partial charge on any atom is 0.220 e. The van der Waals surface area contributed by atoms with Gasteiger partial charge in [-0.1, -0.05) is 42.5 Å². The molecule has 1 aliphatic rings. The van der Waals surface area contributed by atoms with Crippen molar-refractivity contribution in [3.8, 4) is 0 Å². The summed E-state index contributed by atoms with van der Waals surface area (Å²) >= 11 is 0. The second kappa shape index (κ2) is 7.11. The van der Waals surface area contributed by atoms with Gasteiger partial charge in [0.2, 0.25) is 5.91 Å². The highest BCUT2D eigenvalue weighted by Gasteiger charge is 2.20. The van der Waals surface area contributed by atoms with Gasteiger partial charge < -0.3 is 15.0 Å². The van der Waals surface area contributed by atoms with Gasteiger partial charge in [-0.25, -0.2) is 0 Å². The lowest BCUT2D eigenvalue weighted by atomic mass is 9.97. The molecular formula is C21H22N2O2. The standard InChI is InChI=1S/C21H22N2O2/c24-21(10-9-16-13-22-19-8-4-3-6-17(16)19)23-14-20-18-7-2-1-5-15(18)11-12-25-20/h1-8,13,20,22H,9-12,14H2,(H,23,24)/t20-/m0/s1. The Kier molecular flexibility index (Phi) is 4.53. The van der Waals surface area contributed by atoms with Crippen LogP contribution < -0.4 is 5.32 Å². The molecule has 2 aromatic carbocycles. The SMILES string of the molecule is O=C(CCc1c[nH]c2ccccc12)NC[C@@H]1OCCc2ccccc21. The second-order valence-corrected chi connectivity index (χ2v) is 6.47. The van der Waals surface area contributed by atoms with E-state index in [9.17, 15) is 4.79 Å². The molecule has 3 aromatic rings. The van der Waals surface area contributed by atoms with E-state index >= 15 is 0 Å². The van der Waals surface area contributed by atoms with Crippen LogP contribution in [-0.4, -0.2) is 24.0 Å². The number of nitrogens with one attached hydrogen (secondary N) is 2. The molecule has 128 valence electrons. The van der Waals surface area contributed by atoms with Crippen molar-refractivity contribution in [2.45, 2.75) is 25.4 Å². The minimum atomic E-state index is -0.0398. The Labute approximate surface area is 147 Å². The Morgan fingerprint density at radius 2 is 2.00 bits per heavy atom. The number of ether oxygens (including phenoxy) is 1. The number of aromatic amines is 1. The molecule has 4 heteroatoms. The smallest absolute Gasteiger partial charge is 0.220 e. The van der Waals surface area contributed by atoms with Crippen LogP contribution in [0.25, 0.3) is 10.9 Å². The number of carbonyl (C=O) groups excluding carboxylic acids is 1. The summed E-state index contributed by atoms with van der Waals surface area (Å²) in [4.78, 5) is 15.5. The van der Waals surface area contributed by atoms with Crippen LogP contribution in [0.1, 0.15) is 29.2 Å². The lowest BCUT2D eigenvalue weighted by Crippen LogP contribution is -2.31. The fourth-order valence-electron chi connectivity index (χ4n) is 3.53. The minimum Gasteiger partial charge on any atom is -0.371 e. The number of aromatic nitrogens is 1. The molecule has 2 N–H and O–H groups in total. The zero-order valence-corrected chi connectivity index (χ0v) is 14.1. The lowest BCUT2D eigenvalue weighted by Gasteiger charge is -2.26. The van der Waals surface area contributed by atoms with Gasteiger partial charge in [0.05, 0.1) is 6.61 Å². The Bertz CT molecular complexity index is 884. The number of hydrogen-bond donors (Lipinski definition) is 2. The summed E-state index contributed by atoms with van der Waals surface area (Å²) in [6.45, 7) is 1.25. The number of H-pyrrole nitrogens is 1. The largest absolute Gasteiger partial charge is 0.371 e. The number of carbonyl (C=O) groups is 1. The average molecular weight is 334 g/mol. The van der Waals surface area contributed by atoms with Gasteiger partial charge in [-0.05, 0) is 35.6 Å². The number of hydrogen-bond acceptors (Lipinski definition) is 2. The minimum absolute atomic E-state index is 0.0398. The molecule has 1 amide bonds. The van der Waals surface area contributed by atoms with E-state index < -0.39 is 0 Å². The van der Waals surface area contributed by atoms with Gasteiger partial charge in [0.15, 0.2) is 0 Å². The molecule has 4 rings (SSSR count). The zero-order chi connectivity index (χ0) is 17.1. The van der Waals surface area contributed by atoms with E-state index in [0.29, 0.717) is 19.6 Å². The normalized spacial score (nSPS) is 16.6. The first-order chi connectivity index (χ1) is 12.3. The number of amides is 1. The monoisotopic (exact) mass is 334 g/mol. The van der Waals surface area contributed by atoms with Crippen molar-refractivity contribution in [2.24, 2.45) is 0 Å². The number of fused-ring (bicyclic) bond motifs is 2. The Hall–Kier alpha value is -2.59. The first kappa shape index (κ1) is 15.9. The number of aryl methyl sites for hydroxylation is 1. The molecule has 1 aromatic heterocycles. The molecule has 0 unspecified atom stereocenters. The molecule has 0 saturated heterocycles. The lowest BCUT2D eigenvalue weighted by molar-refractivity contribution is -0.121. The molecule has 2 heterocycles. The van der Waals surface area contributed by atoms with Gasteiger partial charge in [-0.15, -0.1) is 0 Å². The van der Waals surface area contributed by atoms with Gasteiger partial charge in [0, 0.05) is 30.1 Å². The van der Waals surface area contributed by atoms with E-state index in [0.717, 1.165) is 18.4 Å². The first-order valence-corrected chi connectivity index (χ1v) is 8.82. The van der Waals surface area contributed by atoms with E-state index in [2.05, 4.69) is 40.6 Å². The third kappa shape index (κ3) is 3.44. The highest BCUT2D eigenvalue weighted by Crippen LogP contribution is 2.26. The van der Waals surface area contributed by atoms with Crippen LogP contribution in [0, 0.1) is 0 Å². The summed E-state index contributed by atoms with van der Waals surface area (Å²) in [5.74, 6) is 0.0666.